The summed E-state index contributed by atoms with van der Waals surface area (Å²) in [4.78, 5) is 60.0. The van der Waals surface area contributed by atoms with E-state index in [0.29, 0.717) is 31.6 Å². The van der Waals surface area contributed by atoms with Crippen LogP contribution < -0.4 is 21.3 Å². The molecule has 0 unspecified atom stereocenters. The topological polar surface area (TPSA) is 137 Å². The molecule has 11 nitrogen and oxygen atoms in total. The predicted molar refractivity (Wildman–Crippen MR) is 176 cm³/mol. The van der Waals surface area contributed by atoms with Gasteiger partial charge in [0.1, 0.15) is 18.1 Å². The molecule has 0 radical (unpaired) electrons. The second kappa shape index (κ2) is 16.7. The number of aromatic nitrogens is 2. The molecular weight excluding hydrogens is 582 g/mol. The van der Waals surface area contributed by atoms with Crippen LogP contribution in [0.15, 0.2) is 67.1 Å². The van der Waals surface area contributed by atoms with Gasteiger partial charge in [0.25, 0.3) is 5.91 Å². The zero-order chi connectivity index (χ0) is 33.1. The molecule has 0 spiro atoms. The van der Waals surface area contributed by atoms with Crippen LogP contribution in [0.3, 0.4) is 0 Å². The van der Waals surface area contributed by atoms with Crippen molar-refractivity contribution in [1.82, 2.24) is 35.7 Å². The molecule has 1 aromatic heterocycles. The molecule has 3 atom stereocenters. The van der Waals surface area contributed by atoms with Crippen molar-refractivity contribution in [2.75, 3.05) is 13.1 Å². The van der Waals surface area contributed by atoms with Crippen LogP contribution in [0.25, 0.3) is 0 Å². The number of amides is 4. The third-order valence-electron chi connectivity index (χ3n) is 8.12. The summed E-state index contributed by atoms with van der Waals surface area (Å²) in [5.74, 6) is -1.48. The van der Waals surface area contributed by atoms with Crippen LogP contribution >= 0.6 is 0 Å². The lowest BCUT2D eigenvalue weighted by Gasteiger charge is -2.25. The number of carbonyl (C=O) groups excluding carboxylic acids is 4. The number of hydrogen-bond donors (Lipinski definition) is 4. The number of imidazole rings is 1. The third-order valence-corrected chi connectivity index (χ3v) is 8.12. The molecular formula is C35H47N7O4. The first kappa shape index (κ1) is 34.4. The number of benzene rings is 2. The monoisotopic (exact) mass is 629 g/mol. The molecule has 2 aliphatic heterocycles. The number of carbonyl (C=O) groups is 4. The van der Waals surface area contributed by atoms with E-state index in [0.717, 1.165) is 36.2 Å². The number of nitrogens with zero attached hydrogens (tertiary/aromatic N) is 3. The second-order valence-electron chi connectivity index (χ2n) is 12.5. The van der Waals surface area contributed by atoms with Crippen LogP contribution in [-0.4, -0.2) is 69.3 Å². The lowest BCUT2D eigenvalue weighted by molar-refractivity contribution is -0.132. The van der Waals surface area contributed by atoms with Gasteiger partial charge in [0.2, 0.25) is 17.7 Å². The average molecular weight is 630 g/mol. The summed E-state index contributed by atoms with van der Waals surface area (Å²) in [5, 5.41) is 11.5. The summed E-state index contributed by atoms with van der Waals surface area (Å²) in [6.07, 6.45) is 5.87. The first-order chi connectivity index (χ1) is 22.1. The Kier molecular flexibility index (Phi) is 12.5. The summed E-state index contributed by atoms with van der Waals surface area (Å²) in [6.45, 7) is 8.19. The van der Waals surface area contributed by atoms with E-state index in [-0.39, 0.29) is 24.2 Å². The molecule has 46 heavy (non-hydrogen) atoms. The maximum Gasteiger partial charge on any atom is 0.251 e. The fourth-order valence-electron chi connectivity index (χ4n) is 5.48. The van der Waals surface area contributed by atoms with Gasteiger partial charge in [-0.05, 0) is 61.9 Å². The van der Waals surface area contributed by atoms with Crippen molar-refractivity contribution in [3.63, 3.8) is 0 Å². The Morgan fingerprint density at radius 3 is 2.26 bits per heavy atom. The van der Waals surface area contributed by atoms with Crippen LogP contribution in [0.2, 0.25) is 0 Å². The molecule has 4 amide bonds. The first-order valence-corrected chi connectivity index (χ1v) is 16.1. The van der Waals surface area contributed by atoms with Crippen molar-refractivity contribution < 1.29 is 19.2 Å². The Labute approximate surface area is 271 Å². The highest BCUT2D eigenvalue weighted by Gasteiger charge is 2.29. The number of nitrogens with one attached hydrogen (secondary N) is 4. The van der Waals surface area contributed by atoms with Gasteiger partial charge in [0, 0.05) is 44.9 Å². The molecule has 3 heterocycles. The fraction of sp³-hybridized carbons (Fsp3) is 0.457. The predicted octanol–water partition coefficient (Wildman–Crippen LogP) is 2.71. The smallest absolute Gasteiger partial charge is 0.251 e. The number of rotatable bonds is 6. The molecule has 0 saturated carbocycles. The molecule has 3 aromatic rings. The van der Waals surface area contributed by atoms with E-state index in [1.165, 1.54) is 0 Å². The van der Waals surface area contributed by atoms with E-state index in [1.807, 2.05) is 74.1 Å². The highest BCUT2D eigenvalue weighted by Crippen LogP contribution is 2.14. The van der Waals surface area contributed by atoms with Crippen LogP contribution in [0.4, 0.5) is 0 Å². The van der Waals surface area contributed by atoms with E-state index in [2.05, 4.69) is 31.2 Å². The standard InChI is InChI=1S/C35H47N7O4/c1-24(2)18-30-34(45)38-25(3)32(43)37-16-8-9-17-42(22-29-20-36-23-41(29)4)21-27-12-14-28(15-13-27)33(44)39-31(35(46)40-30)19-26-10-6-5-7-11-26/h5-7,10-15,20,23-25,30-31H,8-9,16-19,21-22H2,1-4H3,(H,37,43)(H,38,45)(H,39,44)(H,40,46)/t25-,30+,31-/m1/s1. The maximum atomic E-state index is 13.7. The van der Waals surface area contributed by atoms with Crippen molar-refractivity contribution >= 4 is 23.6 Å². The zero-order valence-electron chi connectivity index (χ0n) is 27.3. The minimum atomic E-state index is -0.929. The number of aryl methyl sites for hydroxylation is 1. The average Bonchev–Trinajstić information content (AvgIpc) is 3.43. The Balaban J connectivity index is 1.60. The van der Waals surface area contributed by atoms with E-state index in [4.69, 9.17) is 0 Å². The normalized spacial score (nSPS) is 21.2. The van der Waals surface area contributed by atoms with Crippen LogP contribution in [-0.2, 0) is 40.9 Å². The van der Waals surface area contributed by atoms with Crippen molar-refractivity contribution in [2.45, 2.75) is 77.7 Å². The molecule has 0 saturated heterocycles. The molecule has 11 heteroatoms. The van der Waals surface area contributed by atoms with E-state index < -0.39 is 29.9 Å². The molecule has 2 bridgehead atoms. The third kappa shape index (κ3) is 10.3. The minimum Gasteiger partial charge on any atom is -0.354 e. The Hall–Kier alpha value is -4.51. The lowest BCUT2D eigenvalue weighted by atomic mass is 10.0. The van der Waals surface area contributed by atoms with Crippen molar-refractivity contribution in [3.8, 4) is 0 Å². The molecule has 0 aliphatic carbocycles. The summed E-state index contributed by atoms with van der Waals surface area (Å²) >= 11 is 0. The van der Waals surface area contributed by atoms with Crippen LogP contribution in [0.1, 0.15) is 67.2 Å². The van der Waals surface area contributed by atoms with Gasteiger partial charge in [-0.15, -0.1) is 0 Å². The summed E-state index contributed by atoms with van der Waals surface area (Å²) in [6, 6.07) is 14.3. The van der Waals surface area contributed by atoms with Gasteiger partial charge in [-0.3, -0.25) is 24.1 Å². The zero-order valence-corrected chi connectivity index (χ0v) is 27.3. The van der Waals surface area contributed by atoms with Gasteiger partial charge < -0.3 is 25.8 Å². The Morgan fingerprint density at radius 2 is 1.59 bits per heavy atom. The quantitative estimate of drug-likeness (QED) is 0.310. The van der Waals surface area contributed by atoms with Gasteiger partial charge in [0.15, 0.2) is 0 Å². The lowest BCUT2D eigenvalue weighted by Crippen LogP contribution is -2.57. The summed E-state index contributed by atoms with van der Waals surface area (Å²) in [5.41, 5.74) is 3.44. The summed E-state index contributed by atoms with van der Waals surface area (Å²) in [7, 11) is 1.97. The minimum absolute atomic E-state index is 0.0905. The largest absolute Gasteiger partial charge is 0.354 e. The van der Waals surface area contributed by atoms with E-state index >= 15 is 0 Å². The summed E-state index contributed by atoms with van der Waals surface area (Å²) < 4.78 is 2.00. The van der Waals surface area contributed by atoms with Crippen molar-refractivity contribution in [1.29, 1.82) is 0 Å². The van der Waals surface area contributed by atoms with Gasteiger partial charge in [-0.2, -0.15) is 0 Å². The molecule has 0 fully saturated rings. The van der Waals surface area contributed by atoms with E-state index in [1.54, 1.807) is 25.4 Å². The second-order valence-corrected chi connectivity index (χ2v) is 12.5. The molecule has 4 N–H and O–H groups in total. The Bertz CT molecular complexity index is 1460. The van der Waals surface area contributed by atoms with E-state index in [9.17, 15) is 19.2 Å². The van der Waals surface area contributed by atoms with Crippen molar-refractivity contribution in [3.05, 3.63) is 89.5 Å². The van der Waals surface area contributed by atoms with Gasteiger partial charge >= 0.3 is 0 Å². The van der Waals surface area contributed by atoms with Crippen LogP contribution in [0, 0.1) is 5.92 Å². The molecule has 2 aromatic carbocycles. The number of hydrogen-bond acceptors (Lipinski definition) is 6. The van der Waals surface area contributed by atoms with Crippen LogP contribution in [0.5, 0.6) is 0 Å². The number of fused-ring (bicyclic) bond motifs is 18. The maximum absolute atomic E-state index is 13.7. The highest BCUT2D eigenvalue weighted by atomic mass is 16.2. The molecule has 5 rings (SSSR count). The van der Waals surface area contributed by atoms with Gasteiger partial charge in [-0.25, -0.2) is 4.98 Å². The molecule has 246 valence electrons. The van der Waals surface area contributed by atoms with Crippen molar-refractivity contribution in [2.24, 2.45) is 13.0 Å². The fourth-order valence-corrected chi connectivity index (χ4v) is 5.48. The van der Waals surface area contributed by atoms with Gasteiger partial charge in [0.05, 0.1) is 12.0 Å². The SMILES string of the molecule is CC(C)C[C@@H]1NC(=O)[C@@H](Cc2ccccc2)NC(=O)c2ccc(cc2)CN(Cc2cncn2C)CCCCNC(=O)[C@@H](C)NC1=O. The Morgan fingerprint density at radius 1 is 0.870 bits per heavy atom. The van der Waals surface area contributed by atoms with Gasteiger partial charge in [-0.1, -0.05) is 56.3 Å². The molecule has 2 aliphatic rings. The first-order valence-electron chi connectivity index (χ1n) is 16.1. The highest BCUT2D eigenvalue weighted by molar-refractivity contribution is 5.98.